The standard InChI is InChI=1S/C28H38N4O4S/c1-4-31(5-2)28(34)32-18-16-21(17-19-32)30-37(35,36)26-15-14-25(23-12-8-9-13-24(23)26)29-27(33)22-11-7-6-10-20(22)3/h6-7,10-11,14-15,21,30H,4-5,8-9,12-13,16-19H2,1-3H3,(H,29,33). The van der Waals surface area contributed by atoms with Gasteiger partial charge in [-0.3, -0.25) is 4.79 Å². The molecule has 8 nitrogen and oxygen atoms in total. The van der Waals surface area contributed by atoms with E-state index in [1.54, 1.807) is 23.1 Å². The normalized spacial score (nSPS) is 16.2. The van der Waals surface area contributed by atoms with Gasteiger partial charge in [-0.25, -0.2) is 17.9 Å². The number of nitrogens with zero attached hydrogens (tertiary/aromatic N) is 2. The molecule has 0 saturated carbocycles. The summed E-state index contributed by atoms with van der Waals surface area (Å²) in [5.41, 5.74) is 3.90. The number of hydrogen-bond acceptors (Lipinski definition) is 4. The van der Waals surface area contributed by atoms with Crippen LogP contribution < -0.4 is 10.0 Å². The van der Waals surface area contributed by atoms with Gasteiger partial charge in [-0.1, -0.05) is 18.2 Å². The molecule has 2 N–H and O–H groups in total. The average Bonchev–Trinajstić information content (AvgIpc) is 2.89. The van der Waals surface area contributed by atoms with Gasteiger partial charge in [0.25, 0.3) is 5.91 Å². The highest BCUT2D eigenvalue weighted by atomic mass is 32.2. The summed E-state index contributed by atoms with van der Waals surface area (Å²) in [5.74, 6) is -0.189. The number of amides is 3. The largest absolute Gasteiger partial charge is 0.325 e. The molecule has 1 fully saturated rings. The zero-order chi connectivity index (χ0) is 26.6. The van der Waals surface area contributed by atoms with E-state index in [1.165, 1.54) is 0 Å². The molecule has 0 unspecified atom stereocenters. The second-order valence-electron chi connectivity index (χ2n) is 9.88. The minimum absolute atomic E-state index is 0.0173. The van der Waals surface area contributed by atoms with E-state index in [0.29, 0.717) is 61.6 Å². The Hall–Kier alpha value is -2.91. The van der Waals surface area contributed by atoms with E-state index in [1.807, 2.05) is 43.9 Å². The molecule has 2 aromatic rings. The number of urea groups is 1. The molecule has 9 heteroatoms. The highest BCUT2D eigenvalue weighted by molar-refractivity contribution is 7.89. The fourth-order valence-electron chi connectivity index (χ4n) is 5.39. The number of fused-ring (bicyclic) bond motifs is 1. The number of hydrogen-bond donors (Lipinski definition) is 2. The highest BCUT2D eigenvalue weighted by Crippen LogP contribution is 2.34. The van der Waals surface area contributed by atoms with Crippen molar-refractivity contribution in [1.82, 2.24) is 14.5 Å². The monoisotopic (exact) mass is 526 g/mol. The first-order valence-corrected chi connectivity index (χ1v) is 14.8. The Kier molecular flexibility index (Phi) is 8.54. The number of anilines is 1. The van der Waals surface area contributed by atoms with Crippen LogP contribution in [0.2, 0.25) is 0 Å². The molecule has 1 aliphatic carbocycles. The molecule has 2 aliphatic rings. The van der Waals surface area contributed by atoms with Gasteiger partial charge in [0.2, 0.25) is 10.0 Å². The van der Waals surface area contributed by atoms with E-state index in [9.17, 15) is 18.0 Å². The molecule has 0 radical (unpaired) electrons. The second kappa shape index (κ2) is 11.6. The maximum Gasteiger partial charge on any atom is 0.319 e. The number of aryl methyl sites for hydroxylation is 1. The number of rotatable bonds is 7. The Morgan fingerprint density at radius 1 is 0.973 bits per heavy atom. The van der Waals surface area contributed by atoms with Crippen LogP contribution in [0.5, 0.6) is 0 Å². The van der Waals surface area contributed by atoms with Crippen LogP contribution in [0.25, 0.3) is 0 Å². The lowest BCUT2D eigenvalue weighted by molar-refractivity contribution is 0.102. The molecule has 2 aromatic carbocycles. The predicted octanol–water partition coefficient (Wildman–Crippen LogP) is 4.33. The van der Waals surface area contributed by atoms with E-state index in [0.717, 1.165) is 36.0 Å². The highest BCUT2D eigenvalue weighted by Gasteiger charge is 2.31. The van der Waals surface area contributed by atoms with Crippen LogP contribution in [0.3, 0.4) is 0 Å². The minimum atomic E-state index is -3.75. The molecule has 0 aromatic heterocycles. The van der Waals surface area contributed by atoms with E-state index < -0.39 is 10.0 Å². The summed E-state index contributed by atoms with van der Waals surface area (Å²) in [7, 11) is -3.75. The first-order valence-electron chi connectivity index (χ1n) is 13.3. The zero-order valence-electron chi connectivity index (χ0n) is 22.0. The van der Waals surface area contributed by atoms with Gasteiger partial charge < -0.3 is 15.1 Å². The molecule has 0 spiro atoms. The van der Waals surface area contributed by atoms with Crippen molar-refractivity contribution in [3.05, 3.63) is 58.7 Å². The van der Waals surface area contributed by atoms with Crippen molar-refractivity contribution in [3.8, 4) is 0 Å². The molecule has 4 rings (SSSR count). The van der Waals surface area contributed by atoms with Gasteiger partial charge in [0.1, 0.15) is 0 Å². The first kappa shape index (κ1) is 27.1. The summed E-state index contributed by atoms with van der Waals surface area (Å²) in [6, 6.07) is 10.6. The van der Waals surface area contributed by atoms with Crippen molar-refractivity contribution in [2.24, 2.45) is 0 Å². The predicted molar refractivity (Wildman–Crippen MR) is 145 cm³/mol. The topological polar surface area (TPSA) is 98.8 Å². The molecule has 37 heavy (non-hydrogen) atoms. The summed E-state index contributed by atoms with van der Waals surface area (Å²) in [6.07, 6.45) is 4.43. The van der Waals surface area contributed by atoms with E-state index in [4.69, 9.17) is 0 Å². The van der Waals surface area contributed by atoms with Crippen molar-refractivity contribution < 1.29 is 18.0 Å². The SMILES string of the molecule is CCN(CC)C(=O)N1CCC(NS(=O)(=O)c2ccc(NC(=O)c3ccccc3C)c3c2CCCC3)CC1. The smallest absolute Gasteiger partial charge is 0.319 e. The Balaban J connectivity index is 1.49. The average molecular weight is 527 g/mol. The zero-order valence-corrected chi connectivity index (χ0v) is 22.9. The molecular weight excluding hydrogens is 488 g/mol. The van der Waals surface area contributed by atoms with Crippen molar-refractivity contribution in [2.45, 2.75) is 70.2 Å². The van der Waals surface area contributed by atoms with Crippen molar-refractivity contribution in [3.63, 3.8) is 0 Å². The third kappa shape index (κ3) is 5.99. The maximum atomic E-state index is 13.5. The fraction of sp³-hybridized carbons (Fsp3) is 0.500. The van der Waals surface area contributed by atoms with Crippen LogP contribution in [0.4, 0.5) is 10.5 Å². The number of piperidine rings is 1. The van der Waals surface area contributed by atoms with Crippen LogP contribution in [0.1, 0.15) is 66.6 Å². The van der Waals surface area contributed by atoms with Crippen LogP contribution in [0, 0.1) is 6.92 Å². The molecule has 3 amide bonds. The molecule has 0 atom stereocenters. The van der Waals surface area contributed by atoms with Gasteiger partial charge >= 0.3 is 6.03 Å². The molecule has 200 valence electrons. The molecule has 1 aliphatic heterocycles. The quantitative estimate of drug-likeness (QED) is 0.561. The minimum Gasteiger partial charge on any atom is -0.325 e. The van der Waals surface area contributed by atoms with E-state index >= 15 is 0 Å². The van der Waals surface area contributed by atoms with Crippen LogP contribution in [-0.4, -0.2) is 62.4 Å². The van der Waals surface area contributed by atoms with Gasteiger partial charge in [0.05, 0.1) is 4.90 Å². The number of likely N-dealkylation sites (tertiary alicyclic amines) is 1. The van der Waals surface area contributed by atoms with E-state index in [-0.39, 0.29) is 18.0 Å². The van der Waals surface area contributed by atoms with Crippen LogP contribution >= 0.6 is 0 Å². The maximum absolute atomic E-state index is 13.5. The van der Waals surface area contributed by atoms with Gasteiger partial charge in [0, 0.05) is 43.5 Å². The first-order chi connectivity index (χ1) is 17.7. The third-order valence-electron chi connectivity index (χ3n) is 7.54. The number of benzene rings is 2. The Morgan fingerprint density at radius 3 is 2.27 bits per heavy atom. The van der Waals surface area contributed by atoms with Crippen LogP contribution in [0.15, 0.2) is 41.3 Å². The number of carbonyl (C=O) groups is 2. The lowest BCUT2D eigenvalue weighted by Crippen LogP contribution is -2.50. The molecule has 1 saturated heterocycles. The summed E-state index contributed by atoms with van der Waals surface area (Å²) >= 11 is 0. The summed E-state index contributed by atoms with van der Waals surface area (Å²) in [4.78, 5) is 29.5. The summed E-state index contributed by atoms with van der Waals surface area (Å²) in [5, 5.41) is 3.03. The summed E-state index contributed by atoms with van der Waals surface area (Å²) < 4.78 is 29.9. The van der Waals surface area contributed by atoms with Gasteiger partial charge in [-0.2, -0.15) is 0 Å². The van der Waals surface area contributed by atoms with Gasteiger partial charge in [0.15, 0.2) is 0 Å². The lowest BCUT2D eigenvalue weighted by atomic mass is 9.90. The Morgan fingerprint density at radius 2 is 1.62 bits per heavy atom. The van der Waals surface area contributed by atoms with Crippen molar-refractivity contribution >= 4 is 27.6 Å². The second-order valence-corrected chi connectivity index (χ2v) is 11.6. The van der Waals surface area contributed by atoms with Gasteiger partial charge in [-0.15, -0.1) is 0 Å². The Bertz CT molecular complexity index is 1250. The van der Waals surface area contributed by atoms with E-state index in [2.05, 4.69) is 10.0 Å². The van der Waals surface area contributed by atoms with Gasteiger partial charge in [-0.05, 0) is 94.2 Å². The van der Waals surface area contributed by atoms with Crippen molar-refractivity contribution in [1.29, 1.82) is 0 Å². The number of nitrogens with one attached hydrogen (secondary N) is 2. The summed E-state index contributed by atoms with van der Waals surface area (Å²) in [6.45, 7) is 8.21. The Labute approximate surface area is 220 Å². The van der Waals surface area contributed by atoms with Crippen LogP contribution in [-0.2, 0) is 22.9 Å². The number of carbonyl (C=O) groups excluding carboxylic acids is 2. The molecule has 0 bridgehead atoms. The third-order valence-corrected chi connectivity index (χ3v) is 9.15. The molecule has 1 heterocycles. The lowest BCUT2D eigenvalue weighted by Gasteiger charge is -2.35. The number of sulfonamides is 1. The fourth-order valence-corrected chi connectivity index (χ4v) is 6.98. The van der Waals surface area contributed by atoms with Crippen molar-refractivity contribution in [2.75, 3.05) is 31.5 Å². The molecular formula is C28H38N4O4S.